The molecule has 2 aromatic carbocycles. The van der Waals surface area contributed by atoms with Crippen LogP contribution in [0.2, 0.25) is 0 Å². The van der Waals surface area contributed by atoms with Crippen molar-refractivity contribution in [2.75, 3.05) is 5.73 Å². The number of aromatic hydroxyl groups is 1. The Balaban J connectivity index is 2.44. The molecule has 0 unspecified atom stereocenters. The van der Waals surface area contributed by atoms with Crippen LogP contribution in [0.4, 0.5) is 5.69 Å². The Morgan fingerprint density at radius 1 is 0.938 bits per heavy atom. The van der Waals surface area contributed by atoms with Crippen LogP contribution in [0.1, 0.15) is 5.56 Å². The van der Waals surface area contributed by atoms with Gasteiger partial charge in [0.15, 0.2) is 0 Å². The van der Waals surface area contributed by atoms with Crippen LogP contribution in [0.15, 0.2) is 42.5 Å². The third-order valence-electron chi connectivity index (χ3n) is 2.56. The van der Waals surface area contributed by atoms with Gasteiger partial charge in [-0.3, -0.25) is 0 Å². The first kappa shape index (κ1) is 10.5. The van der Waals surface area contributed by atoms with Gasteiger partial charge in [-0.15, -0.1) is 0 Å². The number of rotatable bonds is 2. The van der Waals surface area contributed by atoms with Gasteiger partial charge in [0.25, 0.3) is 0 Å². The minimum atomic E-state index is 0.262. The second kappa shape index (κ2) is 4.24. The van der Waals surface area contributed by atoms with E-state index < -0.39 is 0 Å². The molecule has 0 saturated heterocycles. The zero-order valence-corrected chi connectivity index (χ0v) is 8.85. The predicted molar refractivity (Wildman–Crippen MR) is 65.8 cm³/mol. The summed E-state index contributed by atoms with van der Waals surface area (Å²) >= 11 is 0. The van der Waals surface area contributed by atoms with Gasteiger partial charge in [-0.1, -0.05) is 18.2 Å². The van der Waals surface area contributed by atoms with E-state index >= 15 is 0 Å². The van der Waals surface area contributed by atoms with Gasteiger partial charge in [0, 0.05) is 12.2 Å². The van der Waals surface area contributed by atoms with E-state index in [-0.39, 0.29) is 5.75 Å². The third-order valence-corrected chi connectivity index (χ3v) is 2.56. The number of benzene rings is 2. The third kappa shape index (κ3) is 1.99. The first-order valence-corrected chi connectivity index (χ1v) is 5.08. The molecule has 0 spiro atoms. The zero-order valence-electron chi connectivity index (χ0n) is 8.85. The van der Waals surface area contributed by atoms with Crippen molar-refractivity contribution in [1.29, 1.82) is 0 Å². The Morgan fingerprint density at radius 3 is 2.19 bits per heavy atom. The number of phenols is 1. The van der Waals surface area contributed by atoms with Gasteiger partial charge in [0.1, 0.15) is 5.75 Å². The molecule has 0 aliphatic heterocycles. The number of hydrogen-bond acceptors (Lipinski definition) is 3. The molecule has 0 saturated carbocycles. The molecule has 2 aromatic rings. The second-order valence-corrected chi connectivity index (χ2v) is 3.66. The maximum Gasteiger partial charge on any atom is 0.115 e. The highest BCUT2D eigenvalue weighted by molar-refractivity contribution is 5.68. The van der Waals surface area contributed by atoms with E-state index in [2.05, 4.69) is 0 Å². The topological polar surface area (TPSA) is 72.3 Å². The second-order valence-electron chi connectivity index (χ2n) is 3.66. The molecule has 16 heavy (non-hydrogen) atoms. The molecular weight excluding hydrogens is 200 g/mol. The van der Waals surface area contributed by atoms with Crippen molar-refractivity contribution in [3.05, 3.63) is 48.0 Å². The van der Waals surface area contributed by atoms with Gasteiger partial charge < -0.3 is 16.6 Å². The molecule has 0 aliphatic carbocycles. The average Bonchev–Trinajstić information content (AvgIpc) is 2.31. The van der Waals surface area contributed by atoms with Gasteiger partial charge in [-0.2, -0.15) is 0 Å². The number of nitrogens with two attached hydrogens (primary N) is 2. The van der Waals surface area contributed by atoms with Crippen molar-refractivity contribution in [3.63, 3.8) is 0 Å². The fraction of sp³-hybridized carbons (Fsp3) is 0.0769. The Bertz CT molecular complexity index is 492. The van der Waals surface area contributed by atoms with Crippen LogP contribution in [-0.2, 0) is 6.54 Å². The molecule has 0 bridgehead atoms. The van der Waals surface area contributed by atoms with E-state index in [1.807, 2.05) is 30.3 Å². The standard InChI is InChI=1S/C13H14N2O/c14-8-11-7-10(3-6-13(11)15)9-1-4-12(16)5-2-9/h1-7,16H,8,14-15H2. The van der Waals surface area contributed by atoms with E-state index in [0.29, 0.717) is 12.2 Å². The molecule has 0 heterocycles. The number of anilines is 1. The predicted octanol–water partition coefficient (Wildman–Crippen LogP) is 2.10. The largest absolute Gasteiger partial charge is 0.508 e. The van der Waals surface area contributed by atoms with E-state index in [0.717, 1.165) is 16.7 Å². The SMILES string of the molecule is NCc1cc(-c2ccc(O)cc2)ccc1N. The minimum absolute atomic E-state index is 0.262. The van der Waals surface area contributed by atoms with Crippen molar-refractivity contribution >= 4 is 5.69 Å². The summed E-state index contributed by atoms with van der Waals surface area (Å²) in [4.78, 5) is 0. The van der Waals surface area contributed by atoms with Crippen LogP contribution in [0.25, 0.3) is 11.1 Å². The van der Waals surface area contributed by atoms with Gasteiger partial charge in [-0.25, -0.2) is 0 Å². The molecule has 3 heteroatoms. The Morgan fingerprint density at radius 2 is 1.56 bits per heavy atom. The molecule has 0 aliphatic rings. The zero-order chi connectivity index (χ0) is 11.5. The summed E-state index contributed by atoms with van der Waals surface area (Å²) in [7, 11) is 0. The number of nitrogen functional groups attached to an aromatic ring is 1. The quantitative estimate of drug-likeness (QED) is 0.670. The number of phenolic OH excluding ortho intramolecular Hbond substituents is 1. The molecule has 0 atom stereocenters. The maximum absolute atomic E-state index is 9.21. The summed E-state index contributed by atoms with van der Waals surface area (Å²) in [6, 6.07) is 12.8. The molecule has 82 valence electrons. The van der Waals surface area contributed by atoms with Crippen LogP contribution in [0.3, 0.4) is 0 Å². The van der Waals surface area contributed by atoms with Crippen molar-refractivity contribution in [2.45, 2.75) is 6.54 Å². The smallest absolute Gasteiger partial charge is 0.115 e. The fourth-order valence-corrected chi connectivity index (χ4v) is 1.62. The lowest BCUT2D eigenvalue weighted by atomic mass is 10.0. The molecule has 0 radical (unpaired) electrons. The minimum Gasteiger partial charge on any atom is -0.508 e. The van der Waals surface area contributed by atoms with Gasteiger partial charge in [0.2, 0.25) is 0 Å². The van der Waals surface area contributed by atoms with Gasteiger partial charge >= 0.3 is 0 Å². The summed E-state index contributed by atoms with van der Waals surface area (Å²) in [5.74, 6) is 0.262. The summed E-state index contributed by atoms with van der Waals surface area (Å²) < 4.78 is 0. The molecule has 0 fully saturated rings. The Hall–Kier alpha value is -2.00. The van der Waals surface area contributed by atoms with Crippen LogP contribution >= 0.6 is 0 Å². The van der Waals surface area contributed by atoms with E-state index in [1.54, 1.807) is 12.1 Å². The van der Waals surface area contributed by atoms with Gasteiger partial charge in [-0.05, 0) is 41.0 Å². The van der Waals surface area contributed by atoms with E-state index in [1.165, 1.54) is 0 Å². The molecule has 0 aromatic heterocycles. The maximum atomic E-state index is 9.21. The van der Waals surface area contributed by atoms with Gasteiger partial charge in [0.05, 0.1) is 0 Å². The molecule has 0 amide bonds. The van der Waals surface area contributed by atoms with Crippen LogP contribution in [0.5, 0.6) is 5.75 Å². The van der Waals surface area contributed by atoms with Crippen LogP contribution in [-0.4, -0.2) is 5.11 Å². The summed E-state index contributed by atoms with van der Waals surface area (Å²) in [5, 5.41) is 9.21. The first-order chi connectivity index (χ1) is 7.70. The van der Waals surface area contributed by atoms with Crippen LogP contribution < -0.4 is 11.5 Å². The molecular formula is C13H14N2O. The average molecular weight is 214 g/mol. The number of hydrogen-bond donors (Lipinski definition) is 3. The van der Waals surface area contributed by atoms with E-state index in [4.69, 9.17) is 11.5 Å². The Kier molecular flexibility index (Phi) is 2.79. The van der Waals surface area contributed by atoms with Crippen molar-refractivity contribution in [2.24, 2.45) is 5.73 Å². The first-order valence-electron chi connectivity index (χ1n) is 5.08. The van der Waals surface area contributed by atoms with Crippen molar-refractivity contribution in [3.8, 4) is 16.9 Å². The van der Waals surface area contributed by atoms with Crippen LogP contribution in [0, 0.1) is 0 Å². The lowest BCUT2D eigenvalue weighted by Gasteiger charge is -2.07. The highest BCUT2D eigenvalue weighted by Gasteiger charge is 2.01. The molecule has 5 N–H and O–H groups in total. The highest BCUT2D eigenvalue weighted by atomic mass is 16.3. The molecule has 3 nitrogen and oxygen atoms in total. The summed E-state index contributed by atoms with van der Waals surface area (Å²) in [6.07, 6.45) is 0. The lowest BCUT2D eigenvalue weighted by Crippen LogP contribution is -2.01. The Labute approximate surface area is 94.3 Å². The fourth-order valence-electron chi connectivity index (χ4n) is 1.62. The lowest BCUT2D eigenvalue weighted by molar-refractivity contribution is 0.475. The van der Waals surface area contributed by atoms with Crippen molar-refractivity contribution in [1.82, 2.24) is 0 Å². The normalized spacial score (nSPS) is 10.3. The highest BCUT2D eigenvalue weighted by Crippen LogP contribution is 2.25. The van der Waals surface area contributed by atoms with Crippen molar-refractivity contribution < 1.29 is 5.11 Å². The molecule has 2 rings (SSSR count). The van der Waals surface area contributed by atoms with E-state index in [9.17, 15) is 5.11 Å². The summed E-state index contributed by atoms with van der Waals surface area (Å²) in [5.41, 5.74) is 15.1. The summed E-state index contributed by atoms with van der Waals surface area (Å²) in [6.45, 7) is 0.428. The monoisotopic (exact) mass is 214 g/mol.